The number of methoxy groups -OCH3 is 1. The fourth-order valence-electron chi connectivity index (χ4n) is 3.60. The molecule has 0 saturated carbocycles. The van der Waals surface area contributed by atoms with Crippen LogP contribution >= 0.6 is 0 Å². The molecule has 2 aromatic carbocycles. The normalized spacial score (nSPS) is 20.0. The number of hydrogen-bond acceptors (Lipinski definition) is 5. The van der Waals surface area contributed by atoms with Crippen molar-refractivity contribution in [1.29, 1.82) is 0 Å². The third-order valence-electron chi connectivity index (χ3n) is 4.99. The maximum absolute atomic E-state index is 13.0. The molecule has 0 bridgehead atoms. The number of benzene rings is 2. The summed E-state index contributed by atoms with van der Waals surface area (Å²) in [7, 11) is -2.09. The lowest BCUT2D eigenvalue weighted by Crippen LogP contribution is -2.48. The molecule has 0 aliphatic carbocycles. The SMILES string of the molecule is COc1ccccc1CCNC(=O)c1cccc(S(=O)(=O)N2C[C@@H](C)O[C@@H](C)C2)c1. The molecule has 1 amide bonds. The molecule has 1 heterocycles. The summed E-state index contributed by atoms with van der Waals surface area (Å²) in [5.41, 5.74) is 1.30. The zero-order valence-electron chi connectivity index (χ0n) is 17.5. The highest BCUT2D eigenvalue weighted by atomic mass is 32.2. The van der Waals surface area contributed by atoms with Gasteiger partial charge in [0, 0.05) is 25.2 Å². The number of carbonyl (C=O) groups is 1. The van der Waals surface area contributed by atoms with Crippen molar-refractivity contribution in [1.82, 2.24) is 9.62 Å². The van der Waals surface area contributed by atoms with Gasteiger partial charge in [-0.25, -0.2) is 8.42 Å². The first kappa shape index (κ1) is 22.3. The van der Waals surface area contributed by atoms with Crippen LogP contribution in [0.3, 0.4) is 0 Å². The second-order valence-corrected chi connectivity index (χ2v) is 9.36. The first-order valence-corrected chi connectivity index (χ1v) is 11.4. The van der Waals surface area contributed by atoms with E-state index in [9.17, 15) is 13.2 Å². The van der Waals surface area contributed by atoms with E-state index in [0.717, 1.165) is 11.3 Å². The largest absolute Gasteiger partial charge is 0.496 e. The van der Waals surface area contributed by atoms with Crippen molar-refractivity contribution in [2.75, 3.05) is 26.7 Å². The number of morpholine rings is 1. The number of hydrogen-bond donors (Lipinski definition) is 1. The van der Waals surface area contributed by atoms with Crippen LogP contribution in [0, 0.1) is 0 Å². The summed E-state index contributed by atoms with van der Waals surface area (Å²) in [6.45, 7) is 4.70. The van der Waals surface area contributed by atoms with Crippen LogP contribution in [0.5, 0.6) is 5.75 Å². The van der Waals surface area contributed by atoms with E-state index in [1.807, 2.05) is 38.1 Å². The van der Waals surface area contributed by atoms with E-state index in [-0.39, 0.29) is 23.0 Å². The Balaban J connectivity index is 1.67. The Kier molecular flexibility index (Phi) is 7.12. The molecule has 1 aliphatic rings. The Hall–Kier alpha value is -2.42. The molecule has 162 valence electrons. The Bertz CT molecular complexity index is 983. The monoisotopic (exact) mass is 432 g/mol. The van der Waals surface area contributed by atoms with E-state index in [1.54, 1.807) is 19.2 Å². The van der Waals surface area contributed by atoms with E-state index in [1.165, 1.54) is 16.4 Å². The van der Waals surface area contributed by atoms with Gasteiger partial charge in [0.15, 0.2) is 0 Å². The predicted octanol–water partition coefficient (Wildman–Crippen LogP) is 2.47. The van der Waals surface area contributed by atoms with Crippen LogP contribution in [0.4, 0.5) is 0 Å². The number of nitrogens with zero attached hydrogens (tertiary/aromatic N) is 1. The van der Waals surface area contributed by atoms with Crippen molar-refractivity contribution in [3.63, 3.8) is 0 Å². The molecule has 2 atom stereocenters. The van der Waals surface area contributed by atoms with Crippen LogP contribution in [-0.4, -0.2) is 57.6 Å². The van der Waals surface area contributed by atoms with Crippen LogP contribution in [0.2, 0.25) is 0 Å². The third-order valence-corrected chi connectivity index (χ3v) is 6.82. The number of para-hydroxylation sites is 1. The molecular formula is C22H28N2O5S. The van der Waals surface area contributed by atoms with Gasteiger partial charge in [-0.1, -0.05) is 24.3 Å². The van der Waals surface area contributed by atoms with Crippen LogP contribution in [0.25, 0.3) is 0 Å². The lowest BCUT2D eigenvalue weighted by Gasteiger charge is -2.34. The minimum Gasteiger partial charge on any atom is -0.496 e. The summed E-state index contributed by atoms with van der Waals surface area (Å²) in [5, 5.41) is 2.85. The van der Waals surface area contributed by atoms with Crippen molar-refractivity contribution in [3.8, 4) is 5.75 Å². The van der Waals surface area contributed by atoms with Crippen LogP contribution in [0.1, 0.15) is 29.8 Å². The Morgan fingerprint density at radius 3 is 2.53 bits per heavy atom. The standard InChI is InChI=1S/C22H28N2O5S/c1-16-14-24(15-17(2)29-16)30(26,27)20-9-6-8-19(13-20)22(25)23-12-11-18-7-4-5-10-21(18)28-3/h4-10,13,16-17H,11-12,14-15H2,1-3H3,(H,23,25)/t16-,17+. The van der Waals surface area contributed by atoms with Crippen molar-refractivity contribution in [2.45, 2.75) is 37.4 Å². The molecule has 1 fully saturated rings. The van der Waals surface area contributed by atoms with Gasteiger partial charge in [-0.05, 0) is 50.1 Å². The number of sulfonamides is 1. The summed E-state index contributed by atoms with van der Waals surface area (Å²) in [6, 6.07) is 13.8. The van der Waals surface area contributed by atoms with Gasteiger partial charge in [0.05, 0.1) is 24.2 Å². The molecular weight excluding hydrogens is 404 g/mol. The van der Waals surface area contributed by atoms with E-state index in [0.29, 0.717) is 31.6 Å². The molecule has 0 aromatic heterocycles. The molecule has 7 nitrogen and oxygen atoms in total. The van der Waals surface area contributed by atoms with Crippen LogP contribution in [-0.2, 0) is 21.2 Å². The minimum absolute atomic E-state index is 0.112. The van der Waals surface area contributed by atoms with Gasteiger partial charge in [0.1, 0.15) is 5.75 Å². The molecule has 1 N–H and O–H groups in total. The quantitative estimate of drug-likeness (QED) is 0.727. The maximum atomic E-state index is 13.0. The van der Waals surface area contributed by atoms with Crippen molar-refractivity contribution in [2.24, 2.45) is 0 Å². The predicted molar refractivity (Wildman–Crippen MR) is 114 cm³/mol. The highest BCUT2D eigenvalue weighted by Crippen LogP contribution is 2.22. The third kappa shape index (κ3) is 5.19. The van der Waals surface area contributed by atoms with E-state index >= 15 is 0 Å². The van der Waals surface area contributed by atoms with Gasteiger partial charge in [-0.3, -0.25) is 4.79 Å². The van der Waals surface area contributed by atoms with Gasteiger partial charge in [-0.2, -0.15) is 4.31 Å². The molecule has 0 unspecified atom stereocenters. The Morgan fingerprint density at radius 1 is 1.13 bits per heavy atom. The van der Waals surface area contributed by atoms with Gasteiger partial charge in [-0.15, -0.1) is 0 Å². The maximum Gasteiger partial charge on any atom is 0.251 e. The molecule has 30 heavy (non-hydrogen) atoms. The summed E-state index contributed by atoms with van der Waals surface area (Å²) >= 11 is 0. The lowest BCUT2D eigenvalue weighted by atomic mass is 10.1. The van der Waals surface area contributed by atoms with Gasteiger partial charge < -0.3 is 14.8 Å². The number of carbonyl (C=O) groups excluding carboxylic acids is 1. The highest BCUT2D eigenvalue weighted by molar-refractivity contribution is 7.89. The fourth-order valence-corrected chi connectivity index (χ4v) is 5.23. The summed E-state index contributed by atoms with van der Waals surface area (Å²) < 4.78 is 38.5. The Morgan fingerprint density at radius 2 is 1.83 bits per heavy atom. The lowest BCUT2D eigenvalue weighted by molar-refractivity contribution is -0.0440. The Labute approximate surface area is 178 Å². The topological polar surface area (TPSA) is 84.9 Å². The molecule has 3 rings (SSSR count). The van der Waals surface area contributed by atoms with Crippen molar-refractivity contribution >= 4 is 15.9 Å². The van der Waals surface area contributed by atoms with Crippen molar-refractivity contribution < 1.29 is 22.7 Å². The number of ether oxygens (including phenoxy) is 2. The first-order chi connectivity index (χ1) is 14.3. The first-order valence-electron chi connectivity index (χ1n) is 9.97. The van der Waals surface area contributed by atoms with Gasteiger partial charge in [0.25, 0.3) is 5.91 Å². The molecule has 0 radical (unpaired) electrons. The number of rotatable bonds is 7. The highest BCUT2D eigenvalue weighted by Gasteiger charge is 2.32. The van der Waals surface area contributed by atoms with Gasteiger partial charge in [0.2, 0.25) is 10.0 Å². The minimum atomic E-state index is -3.70. The average Bonchev–Trinajstić information content (AvgIpc) is 2.73. The van der Waals surface area contributed by atoms with Crippen LogP contribution in [0.15, 0.2) is 53.4 Å². The number of nitrogens with one attached hydrogen (secondary N) is 1. The average molecular weight is 433 g/mol. The number of amides is 1. The van der Waals surface area contributed by atoms with Crippen molar-refractivity contribution in [3.05, 3.63) is 59.7 Å². The smallest absolute Gasteiger partial charge is 0.251 e. The van der Waals surface area contributed by atoms with Gasteiger partial charge >= 0.3 is 0 Å². The molecule has 8 heteroatoms. The molecule has 1 aliphatic heterocycles. The molecule has 2 aromatic rings. The second kappa shape index (κ2) is 9.59. The molecule has 0 spiro atoms. The fraction of sp³-hybridized carbons (Fsp3) is 0.409. The molecule has 1 saturated heterocycles. The second-order valence-electron chi connectivity index (χ2n) is 7.42. The summed E-state index contributed by atoms with van der Waals surface area (Å²) in [6.07, 6.45) is 0.257. The zero-order chi connectivity index (χ0) is 21.7. The van der Waals surface area contributed by atoms with Crippen LogP contribution < -0.4 is 10.1 Å². The van der Waals surface area contributed by atoms with E-state index in [4.69, 9.17) is 9.47 Å². The summed E-state index contributed by atoms with van der Waals surface area (Å²) in [5.74, 6) is 0.458. The summed E-state index contributed by atoms with van der Waals surface area (Å²) in [4.78, 5) is 12.7. The van der Waals surface area contributed by atoms with E-state index in [2.05, 4.69) is 5.32 Å². The van der Waals surface area contributed by atoms with E-state index < -0.39 is 10.0 Å². The zero-order valence-corrected chi connectivity index (χ0v) is 18.3.